The highest BCUT2D eigenvalue weighted by atomic mass is 16.5. The van der Waals surface area contributed by atoms with E-state index in [0.717, 1.165) is 35.0 Å². The lowest BCUT2D eigenvalue weighted by Gasteiger charge is -2.08. The second kappa shape index (κ2) is 7.78. The molecule has 134 valence electrons. The highest BCUT2D eigenvalue weighted by molar-refractivity contribution is 5.99. The number of ether oxygens (including phenoxy) is 1. The molecule has 2 rings (SSSR count). The van der Waals surface area contributed by atoms with Crippen molar-refractivity contribution in [3.05, 3.63) is 56.1 Å². The quantitative estimate of drug-likeness (QED) is 0.589. The van der Waals surface area contributed by atoms with Crippen LogP contribution in [-0.2, 0) is 22.6 Å². The van der Waals surface area contributed by atoms with Gasteiger partial charge < -0.3 is 9.30 Å². The molecule has 0 saturated heterocycles. The van der Waals surface area contributed by atoms with E-state index in [1.807, 2.05) is 18.8 Å². The summed E-state index contributed by atoms with van der Waals surface area (Å²) in [6, 6.07) is 2.91. The molecule has 0 amide bonds. The van der Waals surface area contributed by atoms with Crippen LogP contribution in [0.1, 0.15) is 35.1 Å². The fourth-order valence-corrected chi connectivity index (χ4v) is 2.63. The van der Waals surface area contributed by atoms with Gasteiger partial charge in [0.25, 0.3) is 5.56 Å². The predicted molar refractivity (Wildman–Crippen MR) is 90.8 cm³/mol. The second-order valence-electron chi connectivity index (χ2n) is 5.76. The zero-order valence-electron chi connectivity index (χ0n) is 14.5. The minimum atomic E-state index is -0.732. The fourth-order valence-electron chi connectivity index (χ4n) is 2.63. The average molecular weight is 347 g/mol. The Morgan fingerprint density at radius 2 is 1.96 bits per heavy atom. The fraction of sp³-hybridized carbons (Fsp3) is 0.412. The first-order chi connectivity index (χ1) is 11.8. The molecule has 8 heteroatoms. The number of esters is 1. The maximum Gasteiger partial charge on any atom is 0.328 e. The van der Waals surface area contributed by atoms with Gasteiger partial charge in [0.1, 0.15) is 6.54 Å². The summed E-state index contributed by atoms with van der Waals surface area (Å²) in [5, 5.41) is 0. The van der Waals surface area contributed by atoms with E-state index in [2.05, 4.69) is 11.5 Å². The first kappa shape index (κ1) is 18.4. The number of H-pyrrole nitrogens is 1. The average Bonchev–Trinajstić information content (AvgIpc) is 2.84. The van der Waals surface area contributed by atoms with E-state index in [4.69, 9.17) is 4.74 Å². The van der Waals surface area contributed by atoms with Crippen molar-refractivity contribution in [3.63, 3.8) is 0 Å². The van der Waals surface area contributed by atoms with Gasteiger partial charge in [-0.15, -0.1) is 0 Å². The molecular formula is C17H21N3O5. The van der Waals surface area contributed by atoms with Crippen molar-refractivity contribution >= 4 is 11.8 Å². The number of carbonyl (C=O) groups excluding carboxylic acids is 2. The van der Waals surface area contributed by atoms with Crippen LogP contribution in [-0.4, -0.2) is 32.5 Å². The highest BCUT2D eigenvalue weighted by Crippen LogP contribution is 2.16. The third kappa shape index (κ3) is 4.34. The zero-order valence-corrected chi connectivity index (χ0v) is 14.5. The molecule has 0 aliphatic heterocycles. The van der Waals surface area contributed by atoms with Crippen LogP contribution in [0.3, 0.4) is 0 Å². The number of aromatic amines is 1. The number of Topliss-reactive ketones (excluding diaryl/α,β-unsaturated/α-hetero) is 1. The van der Waals surface area contributed by atoms with Gasteiger partial charge in [0, 0.05) is 35.8 Å². The monoisotopic (exact) mass is 347 g/mol. The minimum absolute atomic E-state index is 0.294. The Bertz CT molecular complexity index is 904. The number of rotatable bonds is 7. The smallest absolute Gasteiger partial charge is 0.328 e. The van der Waals surface area contributed by atoms with Crippen molar-refractivity contribution in [1.82, 2.24) is 14.1 Å². The summed E-state index contributed by atoms with van der Waals surface area (Å²) in [6.45, 7) is 5.89. The van der Waals surface area contributed by atoms with Crippen LogP contribution in [0.5, 0.6) is 0 Å². The molecule has 25 heavy (non-hydrogen) atoms. The molecule has 2 heterocycles. The molecule has 0 atom stereocenters. The summed E-state index contributed by atoms with van der Waals surface area (Å²) >= 11 is 0. The third-order valence-corrected chi connectivity index (χ3v) is 3.88. The van der Waals surface area contributed by atoms with E-state index in [9.17, 15) is 19.2 Å². The van der Waals surface area contributed by atoms with Crippen LogP contribution in [0, 0.1) is 13.8 Å². The number of carbonyl (C=O) groups is 2. The van der Waals surface area contributed by atoms with Gasteiger partial charge in [0.15, 0.2) is 6.61 Å². The molecule has 0 radical (unpaired) electrons. The first-order valence-electron chi connectivity index (χ1n) is 7.98. The van der Waals surface area contributed by atoms with Crippen LogP contribution < -0.4 is 11.2 Å². The molecule has 0 aliphatic carbocycles. The Kier molecular flexibility index (Phi) is 5.74. The molecule has 0 unspecified atom stereocenters. The van der Waals surface area contributed by atoms with Crippen molar-refractivity contribution in [1.29, 1.82) is 0 Å². The third-order valence-electron chi connectivity index (χ3n) is 3.88. The Balaban J connectivity index is 2.00. The van der Waals surface area contributed by atoms with Crippen molar-refractivity contribution < 1.29 is 14.3 Å². The van der Waals surface area contributed by atoms with Gasteiger partial charge >= 0.3 is 11.7 Å². The summed E-state index contributed by atoms with van der Waals surface area (Å²) in [7, 11) is 0. The normalized spacial score (nSPS) is 10.7. The van der Waals surface area contributed by atoms with Crippen molar-refractivity contribution in [3.8, 4) is 0 Å². The Morgan fingerprint density at radius 1 is 1.24 bits per heavy atom. The first-order valence-corrected chi connectivity index (χ1v) is 7.98. The molecule has 0 spiro atoms. The summed E-state index contributed by atoms with van der Waals surface area (Å²) < 4.78 is 8.01. The number of aromatic nitrogens is 3. The number of hydrogen-bond acceptors (Lipinski definition) is 5. The molecular weight excluding hydrogens is 326 g/mol. The van der Waals surface area contributed by atoms with Crippen molar-refractivity contribution in [2.45, 2.75) is 40.3 Å². The van der Waals surface area contributed by atoms with E-state index in [1.165, 1.54) is 6.20 Å². The lowest BCUT2D eigenvalue weighted by Crippen LogP contribution is -2.31. The van der Waals surface area contributed by atoms with E-state index < -0.39 is 23.8 Å². The molecule has 0 fully saturated rings. The van der Waals surface area contributed by atoms with E-state index in [0.29, 0.717) is 5.56 Å². The lowest BCUT2D eigenvalue weighted by molar-refractivity contribution is -0.143. The molecule has 2 aromatic rings. The van der Waals surface area contributed by atoms with Crippen molar-refractivity contribution in [2.24, 2.45) is 0 Å². The highest BCUT2D eigenvalue weighted by Gasteiger charge is 2.17. The Labute approximate surface area is 144 Å². The minimum Gasteiger partial charge on any atom is -0.456 e. The van der Waals surface area contributed by atoms with E-state index in [-0.39, 0.29) is 12.3 Å². The summed E-state index contributed by atoms with van der Waals surface area (Å²) in [5.74, 6) is -1.03. The molecule has 0 aromatic carbocycles. The van der Waals surface area contributed by atoms with Gasteiger partial charge in [-0.2, -0.15) is 0 Å². The molecule has 1 N–H and O–H groups in total. The Hall–Kier alpha value is -2.90. The van der Waals surface area contributed by atoms with Gasteiger partial charge in [-0.05, 0) is 26.3 Å². The maximum absolute atomic E-state index is 12.3. The number of aryl methyl sites for hydroxylation is 1. The standard InChI is InChI=1S/C17H21N3O5/c1-4-6-20-11(2)8-13(12(20)3)14(21)10-25-16(23)9-19-7-5-15(22)18-17(19)24/h5,7-8H,4,6,9-10H2,1-3H3,(H,18,22,24). The van der Waals surface area contributed by atoms with Crippen LogP contribution >= 0.6 is 0 Å². The lowest BCUT2D eigenvalue weighted by atomic mass is 10.1. The maximum atomic E-state index is 12.3. The van der Waals surface area contributed by atoms with Gasteiger partial charge in [0.2, 0.25) is 5.78 Å². The molecule has 0 saturated carbocycles. The number of nitrogens with one attached hydrogen (secondary N) is 1. The van der Waals surface area contributed by atoms with Crippen LogP contribution in [0.15, 0.2) is 27.9 Å². The summed E-state index contributed by atoms with van der Waals surface area (Å²) in [5.41, 5.74) is 1.09. The van der Waals surface area contributed by atoms with Gasteiger partial charge in [-0.3, -0.25) is 23.9 Å². The summed E-state index contributed by atoms with van der Waals surface area (Å²) in [4.78, 5) is 48.6. The largest absolute Gasteiger partial charge is 0.456 e. The Morgan fingerprint density at radius 3 is 2.60 bits per heavy atom. The van der Waals surface area contributed by atoms with Crippen molar-refractivity contribution in [2.75, 3.05) is 6.61 Å². The van der Waals surface area contributed by atoms with Gasteiger partial charge in [0.05, 0.1) is 0 Å². The summed E-state index contributed by atoms with van der Waals surface area (Å²) in [6.07, 6.45) is 2.15. The molecule has 8 nitrogen and oxygen atoms in total. The van der Waals surface area contributed by atoms with Crippen LogP contribution in [0.4, 0.5) is 0 Å². The van der Waals surface area contributed by atoms with Crippen LogP contribution in [0.2, 0.25) is 0 Å². The second-order valence-corrected chi connectivity index (χ2v) is 5.76. The molecule has 2 aromatic heterocycles. The number of ketones is 1. The predicted octanol–water partition coefficient (Wildman–Crippen LogP) is 0.791. The number of hydrogen-bond donors (Lipinski definition) is 1. The van der Waals surface area contributed by atoms with Gasteiger partial charge in [-0.25, -0.2) is 4.79 Å². The van der Waals surface area contributed by atoms with E-state index >= 15 is 0 Å². The van der Waals surface area contributed by atoms with Crippen LogP contribution in [0.25, 0.3) is 0 Å². The number of nitrogens with zero attached hydrogens (tertiary/aromatic N) is 2. The van der Waals surface area contributed by atoms with E-state index in [1.54, 1.807) is 6.07 Å². The van der Waals surface area contributed by atoms with Gasteiger partial charge in [-0.1, -0.05) is 6.92 Å². The SMILES string of the molecule is CCCn1c(C)cc(C(=O)COC(=O)Cn2ccc(=O)[nH]c2=O)c1C. The molecule has 0 aliphatic rings. The zero-order chi connectivity index (χ0) is 18.6. The molecule has 0 bridgehead atoms. The topological polar surface area (TPSA) is 103 Å².